The first-order valence-corrected chi connectivity index (χ1v) is 7.03. The second-order valence-electron chi connectivity index (χ2n) is 5.44. The van der Waals surface area contributed by atoms with Crippen LogP contribution in [0.25, 0.3) is 11.2 Å². The van der Waals surface area contributed by atoms with Crippen molar-refractivity contribution in [3.63, 3.8) is 0 Å². The number of aryl methyl sites for hydroxylation is 3. The van der Waals surface area contributed by atoms with Crippen LogP contribution in [0.15, 0.2) is 18.5 Å². The number of aliphatic hydroxyl groups excluding tert-OH is 2. The monoisotopic (exact) mass is 290 g/mol. The molecular formula is C15H22N4O2. The van der Waals surface area contributed by atoms with Crippen molar-refractivity contribution in [1.29, 1.82) is 0 Å². The smallest absolute Gasteiger partial charge is 0.163 e. The lowest BCUT2D eigenvalue weighted by Gasteiger charge is -2.10. The van der Waals surface area contributed by atoms with Crippen LogP contribution >= 0.6 is 0 Å². The highest BCUT2D eigenvalue weighted by atomic mass is 16.3. The second-order valence-corrected chi connectivity index (χ2v) is 5.44. The Hall–Kier alpha value is -1.79. The van der Waals surface area contributed by atoms with Crippen LogP contribution in [-0.2, 0) is 7.05 Å². The van der Waals surface area contributed by atoms with E-state index in [2.05, 4.69) is 21.5 Å². The van der Waals surface area contributed by atoms with Gasteiger partial charge in [-0.05, 0) is 26.7 Å². The molecule has 114 valence electrons. The molecule has 2 aromatic rings. The van der Waals surface area contributed by atoms with E-state index in [-0.39, 0.29) is 18.6 Å². The maximum Gasteiger partial charge on any atom is 0.163 e. The summed E-state index contributed by atoms with van der Waals surface area (Å²) in [7, 11) is 1.93. The number of fused-ring (bicyclic) bond motifs is 1. The quantitative estimate of drug-likeness (QED) is 0.773. The van der Waals surface area contributed by atoms with Gasteiger partial charge in [0, 0.05) is 13.0 Å². The van der Waals surface area contributed by atoms with Crippen molar-refractivity contribution < 1.29 is 10.2 Å². The first-order chi connectivity index (χ1) is 9.93. The van der Waals surface area contributed by atoms with Crippen LogP contribution in [0.5, 0.6) is 0 Å². The van der Waals surface area contributed by atoms with Crippen molar-refractivity contribution >= 4 is 11.2 Å². The van der Waals surface area contributed by atoms with Crippen molar-refractivity contribution in [2.24, 2.45) is 13.0 Å². The molecule has 0 saturated heterocycles. The molecule has 6 heteroatoms. The van der Waals surface area contributed by atoms with Crippen LogP contribution in [0.1, 0.15) is 24.4 Å². The fraction of sp³-hybridized carbons (Fsp3) is 0.533. The minimum absolute atomic E-state index is 0.0417. The summed E-state index contributed by atoms with van der Waals surface area (Å²) in [4.78, 5) is 12.7. The molecule has 21 heavy (non-hydrogen) atoms. The number of hydrogen-bond donors (Lipinski definition) is 2. The Bertz CT molecular complexity index is 650. The highest BCUT2D eigenvalue weighted by Crippen LogP contribution is 2.29. The fourth-order valence-electron chi connectivity index (χ4n) is 2.53. The molecule has 1 fully saturated rings. The van der Waals surface area contributed by atoms with Crippen molar-refractivity contribution in [3.05, 3.63) is 30.0 Å². The third-order valence-corrected chi connectivity index (χ3v) is 3.79. The van der Waals surface area contributed by atoms with Crippen LogP contribution in [0.3, 0.4) is 0 Å². The molecule has 0 bridgehead atoms. The molecule has 0 spiro atoms. The Morgan fingerprint density at radius 3 is 2.62 bits per heavy atom. The molecule has 0 amide bonds. The SMILES string of the molecule is C=C1CC[C@H](O)[C@H]1CO.Cc1nc(C)c2ncn(C)c2n1. The van der Waals surface area contributed by atoms with Gasteiger partial charge in [0.2, 0.25) is 0 Å². The Labute approximate surface area is 124 Å². The number of nitrogens with zero attached hydrogens (tertiary/aromatic N) is 4. The number of aliphatic hydroxyl groups is 2. The zero-order valence-corrected chi connectivity index (χ0v) is 12.7. The van der Waals surface area contributed by atoms with Crippen molar-refractivity contribution in [2.45, 2.75) is 32.8 Å². The van der Waals surface area contributed by atoms with Crippen LogP contribution in [0.4, 0.5) is 0 Å². The van der Waals surface area contributed by atoms with Crippen molar-refractivity contribution in [3.8, 4) is 0 Å². The summed E-state index contributed by atoms with van der Waals surface area (Å²) in [6.07, 6.45) is 3.05. The van der Waals surface area contributed by atoms with Crippen molar-refractivity contribution in [1.82, 2.24) is 19.5 Å². The van der Waals surface area contributed by atoms with E-state index in [4.69, 9.17) is 10.2 Å². The van der Waals surface area contributed by atoms with E-state index in [1.165, 1.54) is 0 Å². The minimum Gasteiger partial charge on any atom is -0.396 e. The van der Waals surface area contributed by atoms with Gasteiger partial charge in [0.15, 0.2) is 5.65 Å². The first-order valence-electron chi connectivity index (χ1n) is 7.03. The van der Waals surface area contributed by atoms with Crippen molar-refractivity contribution in [2.75, 3.05) is 6.61 Å². The zero-order chi connectivity index (χ0) is 15.6. The molecule has 2 atom stereocenters. The molecule has 6 nitrogen and oxygen atoms in total. The third kappa shape index (κ3) is 3.28. The summed E-state index contributed by atoms with van der Waals surface area (Å²) < 4.78 is 1.90. The average Bonchev–Trinajstić information content (AvgIpc) is 2.95. The molecule has 2 aromatic heterocycles. The normalized spacial score (nSPS) is 21.5. The summed E-state index contributed by atoms with van der Waals surface area (Å²) in [5.41, 5.74) is 3.73. The highest BCUT2D eigenvalue weighted by Gasteiger charge is 2.27. The highest BCUT2D eigenvalue weighted by molar-refractivity contribution is 5.72. The molecule has 1 aliphatic rings. The van der Waals surface area contributed by atoms with E-state index in [1.54, 1.807) is 6.33 Å². The van der Waals surface area contributed by atoms with Gasteiger partial charge < -0.3 is 14.8 Å². The van der Waals surface area contributed by atoms with E-state index in [0.29, 0.717) is 0 Å². The van der Waals surface area contributed by atoms with E-state index in [0.717, 1.165) is 41.1 Å². The first kappa shape index (κ1) is 15.6. The van der Waals surface area contributed by atoms with Crippen LogP contribution < -0.4 is 0 Å². The second kappa shape index (κ2) is 6.32. The summed E-state index contributed by atoms with van der Waals surface area (Å²) in [6.45, 7) is 7.62. The predicted octanol–water partition coefficient (Wildman–Crippen LogP) is 1.29. The zero-order valence-electron chi connectivity index (χ0n) is 12.7. The van der Waals surface area contributed by atoms with Gasteiger partial charge in [-0.2, -0.15) is 0 Å². The van der Waals surface area contributed by atoms with Gasteiger partial charge in [-0.25, -0.2) is 15.0 Å². The van der Waals surface area contributed by atoms with E-state index >= 15 is 0 Å². The Morgan fingerprint density at radius 1 is 1.38 bits per heavy atom. The minimum atomic E-state index is -0.345. The van der Waals surface area contributed by atoms with Crippen LogP contribution in [0, 0.1) is 19.8 Å². The lowest BCUT2D eigenvalue weighted by atomic mass is 10.0. The van der Waals surface area contributed by atoms with E-state index < -0.39 is 0 Å². The number of imidazole rings is 1. The van der Waals surface area contributed by atoms with Gasteiger partial charge in [-0.15, -0.1) is 0 Å². The lowest BCUT2D eigenvalue weighted by Crippen LogP contribution is -2.17. The number of aromatic nitrogens is 4. The predicted molar refractivity (Wildman–Crippen MR) is 80.7 cm³/mol. The molecule has 2 heterocycles. The third-order valence-electron chi connectivity index (χ3n) is 3.79. The van der Waals surface area contributed by atoms with E-state index in [9.17, 15) is 0 Å². The van der Waals surface area contributed by atoms with Gasteiger partial charge in [-0.1, -0.05) is 12.2 Å². The summed E-state index contributed by atoms with van der Waals surface area (Å²) in [5.74, 6) is 0.744. The molecule has 0 unspecified atom stereocenters. The maximum atomic E-state index is 9.14. The maximum absolute atomic E-state index is 9.14. The molecule has 1 aliphatic carbocycles. The fourth-order valence-corrected chi connectivity index (χ4v) is 2.53. The molecule has 0 aromatic carbocycles. The van der Waals surface area contributed by atoms with Gasteiger partial charge >= 0.3 is 0 Å². The summed E-state index contributed by atoms with van der Waals surface area (Å²) in [5, 5.41) is 17.8. The summed E-state index contributed by atoms with van der Waals surface area (Å²) >= 11 is 0. The van der Waals surface area contributed by atoms with Gasteiger partial charge in [-0.3, -0.25) is 0 Å². The van der Waals surface area contributed by atoms with Gasteiger partial charge in [0.25, 0.3) is 0 Å². The summed E-state index contributed by atoms with van der Waals surface area (Å²) in [6, 6.07) is 0. The largest absolute Gasteiger partial charge is 0.396 e. The number of hydrogen-bond acceptors (Lipinski definition) is 5. The Kier molecular flexibility index (Phi) is 4.69. The molecule has 2 N–H and O–H groups in total. The molecule has 1 saturated carbocycles. The standard InChI is InChI=1S/C8H10N4.C7H12O2/c1-5-7-8(11-6(2)10-5)12(3)4-9-7;1-5-2-3-7(9)6(5)4-8/h4H,1-3H3;6-9H,1-4H2/t;6-,7-/m.0/s1. The van der Waals surface area contributed by atoms with Gasteiger partial charge in [0.05, 0.1) is 24.7 Å². The molecule has 3 rings (SSSR count). The van der Waals surface area contributed by atoms with Crippen LogP contribution in [0.2, 0.25) is 0 Å². The molecular weight excluding hydrogens is 268 g/mol. The van der Waals surface area contributed by atoms with Gasteiger partial charge in [0.1, 0.15) is 11.3 Å². The number of rotatable bonds is 1. The average molecular weight is 290 g/mol. The topological polar surface area (TPSA) is 84.1 Å². The molecule has 0 aliphatic heterocycles. The van der Waals surface area contributed by atoms with Crippen LogP contribution in [-0.4, -0.2) is 42.4 Å². The Balaban J connectivity index is 0.000000161. The molecule has 0 radical (unpaired) electrons. The van der Waals surface area contributed by atoms with E-state index in [1.807, 2.05) is 25.5 Å². The Morgan fingerprint density at radius 2 is 2.10 bits per heavy atom. The lowest BCUT2D eigenvalue weighted by molar-refractivity contribution is 0.103.